The Morgan fingerprint density at radius 2 is 1.65 bits per heavy atom. The summed E-state index contributed by atoms with van der Waals surface area (Å²) in [6, 6.07) is 13.6. The minimum Gasteiger partial charge on any atom is -0.326 e. The molecule has 0 aliphatic rings. The molecule has 0 spiro atoms. The van der Waals surface area contributed by atoms with Crippen LogP contribution < -0.4 is 10.6 Å². The number of carbonyl (C=O) groups is 2. The summed E-state index contributed by atoms with van der Waals surface area (Å²) >= 11 is 1.32. The maximum Gasteiger partial charge on any atom is 0.234 e. The first-order chi connectivity index (χ1) is 14.8. The van der Waals surface area contributed by atoms with E-state index in [4.69, 9.17) is 0 Å². The summed E-state index contributed by atoms with van der Waals surface area (Å²) in [6.07, 6.45) is 0.772. The van der Waals surface area contributed by atoms with E-state index in [1.165, 1.54) is 11.8 Å². The third kappa shape index (κ3) is 6.42. The average molecular weight is 438 g/mol. The van der Waals surface area contributed by atoms with Crippen molar-refractivity contribution in [2.24, 2.45) is 7.05 Å². The largest absolute Gasteiger partial charge is 0.326 e. The van der Waals surface area contributed by atoms with E-state index in [-0.39, 0.29) is 17.6 Å². The first-order valence-electron chi connectivity index (χ1n) is 10.1. The molecule has 7 nitrogen and oxygen atoms in total. The Balaban J connectivity index is 1.49. The van der Waals surface area contributed by atoms with Gasteiger partial charge in [0.2, 0.25) is 11.8 Å². The second-order valence-corrected chi connectivity index (χ2v) is 8.47. The van der Waals surface area contributed by atoms with Crippen LogP contribution in [0.4, 0.5) is 11.4 Å². The smallest absolute Gasteiger partial charge is 0.234 e. The van der Waals surface area contributed by atoms with E-state index < -0.39 is 0 Å². The van der Waals surface area contributed by atoms with Crippen LogP contribution in [0.5, 0.6) is 0 Å². The number of anilines is 2. The molecule has 1 aromatic heterocycles. The van der Waals surface area contributed by atoms with Gasteiger partial charge in [0.05, 0.1) is 5.75 Å². The van der Waals surface area contributed by atoms with E-state index >= 15 is 0 Å². The van der Waals surface area contributed by atoms with Crippen molar-refractivity contribution in [1.82, 2.24) is 14.8 Å². The fourth-order valence-corrected chi connectivity index (χ4v) is 3.69. The van der Waals surface area contributed by atoms with Gasteiger partial charge in [-0.15, -0.1) is 10.2 Å². The van der Waals surface area contributed by atoms with Gasteiger partial charge >= 0.3 is 0 Å². The molecule has 0 saturated carbocycles. The summed E-state index contributed by atoms with van der Waals surface area (Å²) in [5, 5.41) is 14.8. The Labute approximate surface area is 186 Å². The zero-order valence-corrected chi connectivity index (χ0v) is 19.0. The maximum absolute atomic E-state index is 12.3. The number of benzene rings is 2. The Morgan fingerprint density at radius 3 is 2.39 bits per heavy atom. The molecule has 2 amide bonds. The van der Waals surface area contributed by atoms with Gasteiger partial charge < -0.3 is 15.2 Å². The molecule has 0 unspecified atom stereocenters. The molecular weight excluding hydrogens is 410 g/mol. The van der Waals surface area contributed by atoms with Crippen LogP contribution in [0.15, 0.2) is 47.6 Å². The number of rotatable bonds is 8. The lowest BCUT2D eigenvalue weighted by Gasteiger charge is -2.09. The predicted molar refractivity (Wildman–Crippen MR) is 124 cm³/mol. The number of hydrogen-bond donors (Lipinski definition) is 2. The maximum atomic E-state index is 12.3. The average Bonchev–Trinajstić information content (AvgIpc) is 3.09. The van der Waals surface area contributed by atoms with Crippen molar-refractivity contribution in [1.29, 1.82) is 0 Å². The van der Waals surface area contributed by atoms with Crippen molar-refractivity contribution >= 4 is 35.0 Å². The lowest BCUT2D eigenvalue weighted by molar-refractivity contribution is -0.116. The molecule has 0 aliphatic carbocycles. The van der Waals surface area contributed by atoms with Crippen LogP contribution in [0.1, 0.15) is 28.9 Å². The zero-order chi connectivity index (χ0) is 22.4. The van der Waals surface area contributed by atoms with E-state index in [2.05, 4.69) is 20.8 Å². The number of nitrogens with zero attached hydrogens (tertiary/aromatic N) is 3. The summed E-state index contributed by atoms with van der Waals surface area (Å²) < 4.78 is 1.83. The lowest BCUT2D eigenvalue weighted by Crippen LogP contribution is -2.15. The monoisotopic (exact) mass is 437 g/mol. The van der Waals surface area contributed by atoms with Crippen LogP contribution in [-0.2, 0) is 23.1 Å². The minimum absolute atomic E-state index is 0.0750. The highest BCUT2D eigenvalue weighted by Crippen LogP contribution is 2.19. The fourth-order valence-electron chi connectivity index (χ4n) is 2.96. The summed E-state index contributed by atoms with van der Waals surface area (Å²) in [4.78, 5) is 24.5. The van der Waals surface area contributed by atoms with Crippen molar-refractivity contribution < 1.29 is 9.59 Å². The molecule has 0 saturated heterocycles. The standard InChI is InChI=1S/C23H27N5O2S/c1-15-6-9-18(10-7-15)24-21(29)12-11-20-26-27-23(28(20)4)31-14-22(30)25-19-13-16(2)5-8-17(19)3/h5-10,13H,11-12,14H2,1-4H3,(H,24,29)(H,25,30). The Kier molecular flexibility index (Phi) is 7.46. The van der Waals surface area contributed by atoms with Crippen LogP contribution in [-0.4, -0.2) is 32.3 Å². The number of nitrogens with one attached hydrogen (secondary N) is 2. The van der Waals surface area contributed by atoms with Gasteiger partial charge in [0.15, 0.2) is 5.16 Å². The number of carbonyl (C=O) groups excluding carboxylic acids is 2. The number of amides is 2. The van der Waals surface area contributed by atoms with Crippen molar-refractivity contribution in [3.8, 4) is 0 Å². The predicted octanol–water partition coefficient (Wildman–Crippen LogP) is 4.04. The zero-order valence-electron chi connectivity index (χ0n) is 18.2. The molecule has 162 valence electrons. The fraction of sp³-hybridized carbons (Fsp3) is 0.304. The molecule has 0 radical (unpaired) electrons. The topological polar surface area (TPSA) is 88.9 Å². The molecule has 2 N–H and O–H groups in total. The van der Waals surface area contributed by atoms with E-state index in [1.54, 1.807) is 0 Å². The molecule has 2 aromatic carbocycles. The second-order valence-electron chi connectivity index (χ2n) is 7.53. The number of thioether (sulfide) groups is 1. The number of aryl methyl sites for hydroxylation is 4. The quantitative estimate of drug-likeness (QED) is 0.519. The molecule has 0 atom stereocenters. The SMILES string of the molecule is Cc1ccc(NC(=O)CCc2nnc(SCC(=O)Nc3cc(C)ccc3C)n2C)cc1. The van der Waals surface area contributed by atoms with Gasteiger partial charge in [-0.1, -0.05) is 41.6 Å². The van der Waals surface area contributed by atoms with Gasteiger partial charge in [0, 0.05) is 31.3 Å². The summed E-state index contributed by atoms with van der Waals surface area (Å²) in [6.45, 7) is 5.96. The number of aromatic nitrogens is 3. The normalized spacial score (nSPS) is 10.7. The van der Waals surface area contributed by atoms with Crippen LogP contribution in [0.3, 0.4) is 0 Å². The highest BCUT2D eigenvalue weighted by atomic mass is 32.2. The van der Waals surface area contributed by atoms with Crippen LogP contribution in [0.2, 0.25) is 0 Å². The van der Waals surface area contributed by atoms with Gasteiger partial charge in [-0.3, -0.25) is 9.59 Å². The van der Waals surface area contributed by atoms with Gasteiger partial charge in [-0.25, -0.2) is 0 Å². The summed E-state index contributed by atoms with van der Waals surface area (Å²) in [5.41, 5.74) is 4.86. The van der Waals surface area contributed by atoms with Gasteiger partial charge in [0.1, 0.15) is 5.82 Å². The second kappa shape index (κ2) is 10.3. The minimum atomic E-state index is -0.0966. The Bertz CT molecular complexity index is 1080. The third-order valence-corrected chi connectivity index (χ3v) is 5.86. The molecule has 0 fully saturated rings. The molecule has 3 rings (SSSR count). The van der Waals surface area contributed by atoms with Crippen LogP contribution in [0.25, 0.3) is 0 Å². The highest BCUT2D eigenvalue weighted by molar-refractivity contribution is 7.99. The molecule has 8 heteroatoms. The Morgan fingerprint density at radius 1 is 0.935 bits per heavy atom. The van der Waals surface area contributed by atoms with Crippen molar-refractivity contribution in [2.45, 2.75) is 38.8 Å². The van der Waals surface area contributed by atoms with Crippen LogP contribution >= 0.6 is 11.8 Å². The van der Waals surface area contributed by atoms with Gasteiger partial charge in [-0.05, 0) is 50.1 Å². The van der Waals surface area contributed by atoms with E-state index in [0.717, 1.165) is 28.1 Å². The first-order valence-corrected chi connectivity index (χ1v) is 11.0. The van der Waals surface area contributed by atoms with Gasteiger partial charge in [-0.2, -0.15) is 0 Å². The van der Waals surface area contributed by atoms with Crippen LogP contribution in [0, 0.1) is 20.8 Å². The highest BCUT2D eigenvalue weighted by Gasteiger charge is 2.13. The lowest BCUT2D eigenvalue weighted by atomic mass is 10.1. The molecular formula is C23H27N5O2S. The summed E-state index contributed by atoms with van der Waals surface area (Å²) in [5.74, 6) is 0.763. The summed E-state index contributed by atoms with van der Waals surface area (Å²) in [7, 11) is 1.85. The third-order valence-electron chi connectivity index (χ3n) is 4.84. The van der Waals surface area contributed by atoms with Crippen molar-refractivity contribution in [3.63, 3.8) is 0 Å². The number of hydrogen-bond acceptors (Lipinski definition) is 5. The molecule has 1 heterocycles. The molecule has 3 aromatic rings. The molecule has 31 heavy (non-hydrogen) atoms. The Hall–Kier alpha value is -3.13. The van der Waals surface area contributed by atoms with E-state index in [9.17, 15) is 9.59 Å². The molecule has 0 bridgehead atoms. The molecule has 0 aliphatic heterocycles. The van der Waals surface area contributed by atoms with Crippen molar-refractivity contribution in [2.75, 3.05) is 16.4 Å². The van der Waals surface area contributed by atoms with E-state index in [1.807, 2.05) is 74.9 Å². The van der Waals surface area contributed by atoms with E-state index in [0.29, 0.717) is 23.8 Å². The first kappa shape index (κ1) is 22.6. The van der Waals surface area contributed by atoms with Gasteiger partial charge in [0.25, 0.3) is 0 Å². The van der Waals surface area contributed by atoms with Crippen molar-refractivity contribution in [3.05, 3.63) is 65.0 Å².